The third-order valence-electron chi connectivity index (χ3n) is 6.85. The van der Waals surface area contributed by atoms with Gasteiger partial charge in [-0.25, -0.2) is 0 Å². The smallest absolute Gasteiger partial charge is 0.247 e. The molecule has 2 N–H and O–H groups in total. The van der Waals surface area contributed by atoms with Crippen molar-refractivity contribution in [1.29, 1.82) is 0 Å². The van der Waals surface area contributed by atoms with Gasteiger partial charge in [-0.15, -0.1) is 0 Å². The van der Waals surface area contributed by atoms with Crippen LogP contribution in [0, 0.1) is 5.41 Å². The van der Waals surface area contributed by atoms with Gasteiger partial charge in [-0.05, 0) is 69.4 Å². The maximum atomic E-state index is 12.7. The molecule has 0 spiro atoms. The number of hydrogen-bond donors (Lipinski definition) is 2. The van der Waals surface area contributed by atoms with E-state index < -0.39 is 12.6 Å². The van der Waals surface area contributed by atoms with Crippen LogP contribution in [0.2, 0.25) is 0 Å². The quantitative estimate of drug-likeness (QED) is 0.370. The summed E-state index contributed by atoms with van der Waals surface area (Å²) >= 11 is 0. The Bertz CT molecular complexity index is 866. The first-order chi connectivity index (χ1) is 16.1. The summed E-state index contributed by atoms with van der Waals surface area (Å²) in [5.74, 6) is -0.567. The summed E-state index contributed by atoms with van der Waals surface area (Å²) in [6.07, 6.45) is 19.5. The fraction of sp³-hybridized carbons (Fsp3) is 0.586. The van der Waals surface area contributed by atoms with Crippen molar-refractivity contribution in [2.45, 2.75) is 85.6 Å². The molecule has 2 rings (SSSR count). The molecule has 34 heavy (non-hydrogen) atoms. The molecule has 5 heteroatoms. The Balaban J connectivity index is 1.93. The van der Waals surface area contributed by atoms with Gasteiger partial charge in [0.05, 0.1) is 6.61 Å². The maximum Gasteiger partial charge on any atom is 0.247 e. The summed E-state index contributed by atoms with van der Waals surface area (Å²) in [7, 11) is 0. The summed E-state index contributed by atoms with van der Waals surface area (Å²) in [5, 5.41) is 12.3. The highest BCUT2D eigenvalue weighted by molar-refractivity contribution is 5.93. The number of aliphatic hydroxyl groups excluding tert-OH is 1. The van der Waals surface area contributed by atoms with Crippen LogP contribution in [0.15, 0.2) is 58.7 Å². The fourth-order valence-corrected chi connectivity index (χ4v) is 4.80. The van der Waals surface area contributed by atoms with Gasteiger partial charge in [0.25, 0.3) is 0 Å². The Morgan fingerprint density at radius 1 is 1.06 bits per heavy atom. The van der Waals surface area contributed by atoms with Crippen molar-refractivity contribution < 1.29 is 14.7 Å². The first kappa shape index (κ1) is 27.8. The summed E-state index contributed by atoms with van der Waals surface area (Å²) in [4.78, 5) is 26.9. The van der Waals surface area contributed by atoms with E-state index in [1.165, 1.54) is 36.5 Å². The van der Waals surface area contributed by atoms with Crippen LogP contribution >= 0.6 is 0 Å². The highest BCUT2D eigenvalue weighted by atomic mass is 16.3. The number of nitrogens with one attached hydrogen (secondary N) is 1. The zero-order chi connectivity index (χ0) is 25.1. The van der Waals surface area contributed by atoms with E-state index in [9.17, 15) is 14.7 Å². The first-order valence-electron chi connectivity index (χ1n) is 12.8. The van der Waals surface area contributed by atoms with Gasteiger partial charge in [0.15, 0.2) is 0 Å². The maximum absolute atomic E-state index is 12.7. The van der Waals surface area contributed by atoms with E-state index in [1.54, 1.807) is 4.90 Å². The predicted molar refractivity (Wildman–Crippen MR) is 140 cm³/mol. The standard InChI is InChI=1S/C29H44N2O3/c1-22(15-16-25-24(3)14-11-17-29(25,4)5)12-10-13-23(2)20-27(33)30-26(21-32)28(34)31-18-8-6-7-9-19-31/h10,12-13,15-16,20,26,32H,6-9,11,14,17-19,21H2,1-5H3,(H,30,33). The largest absolute Gasteiger partial charge is 0.394 e. The molecule has 2 amide bonds. The molecule has 5 nitrogen and oxygen atoms in total. The minimum atomic E-state index is -0.896. The number of amides is 2. The van der Waals surface area contributed by atoms with Crippen LogP contribution in [-0.2, 0) is 9.59 Å². The van der Waals surface area contributed by atoms with E-state index in [-0.39, 0.29) is 17.2 Å². The van der Waals surface area contributed by atoms with Crippen molar-refractivity contribution in [3.8, 4) is 0 Å². The molecular formula is C29H44N2O3. The number of hydrogen-bond acceptors (Lipinski definition) is 3. The molecule has 1 aliphatic carbocycles. The minimum Gasteiger partial charge on any atom is -0.394 e. The number of aliphatic hydroxyl groups is 1. The molecule has 0 saturated carbocycles. The molecular weight excluding hydrogens is 424 g/mol. The average Bonchev–Trinajstić information content (AvgIpc) is 3.05. The second-order valence-corrected chi connectivity index (χ2v) is 10.4. The zero-order valence-electron chi connectivity index (χ0n) is 21.8. The molecule has 1 atom stereocenters. The van der Waals surface area contributed by atoms with Gasteiger partial charge in [-0.1, -0.05) is 68.2 Å². The van der Waals surface area contributed by atoms with Crippen LogP contribution in [0.4, 0.5) is 0 Å². The molecule has 1 fully saturated rings. The van der Waals surface area contributed by atoms with Crippen molar-refractivity contribution in [3.63, 3.8) is 0 Å². The molecule has 2 aliphatic rings. The molecule has 188 valence electrons. The van der Waals surface area contributed by atoms with Crippen LogP contribution in [0.25, 0.3) is 0 Å². The lowest BCUT2D eigenvalue weighted by atomic mass is 9.72. The average molecular weight is 469 g/mol. The van der Waals surface area contributed by atoms with Crippen LogP contribution in [0.1, 0.15) is 79.6 Å². The van der Waals surface area contributed by atoms with E-state index in [0.29, 0.717) is 13.1 Å². The lowest BCUT2D eigenvalue weighted by Gasteiger charge is -2.32. The van der Waals surface area contributed by atoms with Crippen LogP contribution in [0.3, 0.4) is 0 Å². The first-order valence-corrected chi connectivity index (χ1v) is 12.8. The van der Waals surface area contributed by atoms with Gasteiger partial charge in [0.1, 0.15) is 6.04 Å². The summed E-state index contributed by atoms with van der Waals surface area (Å²) in [6.45, 7) is 11.8. The number of carbonyl (C=O) groups is 2. The van der Waals surface area contributed by atoms with Gasteiger partial charge < -0.3 is 15.3 Å². The lowest BCUT2D eigenvalue weighted by Crippen LogP contribution is -2.50. The molecule has 0 aromatic heterocycles. The van der Waals surface area contributed by atoms with Gasteiger partial charge in [0.2, 0.25) is 11.8 Å². The van der Waals surface area contributed by atoms with Crippen molar-refractivity contribution in [3.05, 3.63) is 58.7 Å². The van der Waals surface area contributed by atoms with Crippen molar-refractivity contribution in [2.24, 2.45) is 5.41 Å². The molecule has 0 aromatic carbocycles. The van der Waals surface area contributed by atoms with Gasteiger partial charge in [0, 0.05) is 19.2 Å². The molecule has 1 heterocycles. The Hall–Kier alpha value is -2.40. The number of allylic oxidation sites excluding steroid dienone is 9. The number of carbonyl (C=O) groups excluding carboxylic acids is 2. The molecule has 1 aliphatic heterocycles. The third kappa shape index (κ3) is 8.75. The third-order valence-corrected chi connectivity index (χ3v) is 6.85. The van der Waals surface area contributed by atoms with Gasteiger partial charge in [-0.3, -0.25) is 9.59 Å². The number of nitrogens with zero attached hydrogens (tertiary/aromatic N) is 1. The number of likely N-dealkylation sites (tertiary alicyclic amines) is 1. The second-order valence-electron chi connectivity index (χ2n) is 10.4. The Morgan fingerprint density at radius 2 is 1.74 bits per heavy atom. The van der Waals surface area contributed by atoms with Crippen LogP contribution in [0.5, 0.6) is 0 Å². The normalized spacial score (nSPS) is 21.2. The highest BCUT2D eigenvalue weighted by Crippen LogP contribution is 2.40. The summed E-state index contributed by atoms with van der Waals surface area (Å²) in [6, 6.07) is -0.896. The highest BCUT2D eigenvalue weighted by Gasteiger charge is 2.27. The Kier molecular flexibility index (Phi) is 11.0. The van der Waals surface area contributed by atoms with E-state index in [0.717, 1.165) is 36.8 Å². The summed E-state index contributed by atoms with van der Waals surface area (Å²) < 4.78 is 0. The van der Waals surface area contributed by atoms with Crippen molar-refractivity contribution in [2.75, 3.05) is 19.7 Å². The van der Waals surface area contributed by atoms with Crippen molar-refractivity contribution >= 4 is 11.8 Å². The Labute approximate surface area is 206 Å². The molecule has 0 aromatic rings. The fourth-order valence-electron chi connectivity index (χ4n) is 4.80. The van der Waals surface area contributed by atoms with Gasteiger partial charge in [-0.2, -0.15) is 0 Å². The van der Waals surface area contributed by atoms with E-state index in [1.807, 2.05) is 25.2 Å². The van der Waals surface area contributed by atoms with Crippen LogP contribution < -0.4 is 5.32 Å². The topological polar surface area (TPSA) is 69.6 Å². The number of rotatable bonds is 8. The zero-order valence-corrected chi connectivity index (χ0v) is 21.8. The molecule has 1 saturated heterocycles. The van der Waals surface area contributed by atoms with E-state index in [2.05, 4.69) is 45.2 Å². The molecule has 1 unspecified atom stereocenters. The Morgan fingerprint density at radius 3 is 2.35 bits per heavy atom. The van der Waals surface area contributed by atoms with Gasteiger partial charge >= 0.3 is 0 Å². The van der Waals surface area contributed by atoms with Crippen molar-refractivity contribution in [1.82, 2.24) is 10.2 Å². The monoisotopic (exact) mass is 468 g/mol. The second kappa shape index (κ2) is 13.5. The predicted octanol–water partition coefficient (Wildman–Crippen LogP) is 5.40. The lowest BCUT2D eigenvalue weighted by molar-refractivity contribution is -0.136. The summed E-state index contributed by atoms with van der Waals surface area (Å²) in [5.41, 5.74) is 5.06. The van der Waals surface area contributed by atoms with E-state index in [4.69, 9.17) is 0 Å². The van der Waals surface area contributed by atoms with Crippen LogP contribution in [-0.4, -0.2) is 47.6 Å². The molecule has 0 radical (unpaired) electrons. The SMILES string of the molecule is CC(C=CC1=C(C)CCCC1(C)C)=CC=CC(C)=CC(=O)NC(CO)C(=O)N1CCCCCC1. The van der Waals surface area contributed by atoms with E-state index >= 15 is 0 Å². The molecule has 0 bridgehead atoms. The minimum absolute atomic E-state index is 0.198.